The molecule has 4 heterocycles. The van der Waals surface area contributed by atoms with Crippen molar-refractivity contribution in [1.82, 2.24) is 19.4 Å². The number of aromatic nitrogens is 2. The van der Waals surface area contributed by atoms with Gasteiger partial charge in [-0.3, -0.25) is 19.4 Å². The van der Waals surface area contributed by atoms with Crippen molar-refractivity contribution in [3.8, 4) is 22.5 Å². The second kappa shape index (κ2) is 17.2. The number of benzene rings is 4. The number of carbonyl (C=O) groups is 2. The van der Waals surface area contributed by atoms with Crippen LogP contribution in [-0.4, -0.2) is 88.9 Å². The highest BCUT2D eigenvalue weighted by Crippen LogP contribution is 2.38. The maximum Gasteiger partial charge on any atom is 0.417 e. The average molecular weight is 961 g/mol. The first kappa shape index (κ1) is 45.8. The van der Waals surface area contributed by atoms with Crippen LogP contribution in [0.4, 0.5) is 47.3 Å². The van der Waals surface area contributed by atoms with Gasteiger partial charge < -0.3 is 19.4 Å². The average Bonchev–Trinajstić information content (AvgIpc) is 3.84. The number of cyclic esters (lactones) is 2. The van der Waals surface area contributed by atoms with Gasteiger partial charge in [-0.25, -0.2) is 35.9 Å². The van der Waals surface area contributed by atoms with E-state index in [0.29, 0.717) is 0 Å². The predicted molar refractivity (Wildman–Crippen MR) is 229 cm³/mol. The predicted octanol–water partition coefficient (Wildman–Crippen LogP) is 5.93. The normalized spacial score (nSPS) is 17.2. The third-order valence-corrected chi connectivity index (χ3v) is 13.7. The molecule has 24 heteroatoms. The summed E-state index contributed by atoms with van der Waals surface area (Å²) in [5.41, 5.74) is -3.61. The molecule has 6 aromatic rings. The zero-order valence-corrected chi connectivity index (χ0v) is 35.3. The summed E-state index contributed by atoms with van der Waals surface area (Å²) >= 11 is 0. The Morgan fingerprint density at radius 1 is 0.561 bits per heavy atom. The summed E-state index contributed by atoms with van der Waals surface area (Å²) in [7, 11) is -8.56. The zero-order valence-electron chi connectivity index (χ0n) is 33.7. The first-order valence-corrected chi connectivity index (χ1v) is 22.9. The number of hydrogen-bond donors (Lipinski definition) is 4. The minimum Gasteiger partial charge on any atom is -0.443 e. The maximum absolute atomic E-state index is 13.6. The van der Waals surface area contributed by atoms with Crippen molar-refractivity contribution in [3.05, 3.63) is 129 Å². The molecule has 346 valence electrons. The number of aromatic amines is 2. The molecule has 2 aliphatic heterocycles. The number of nitrogens with zero attached hydrogens (tertiary/aromatic N) is 2. The van der Waals surface area contributed by atoms with Crippen molar-refractivity contribution in [2.24, 2.45) is 0 Å². The Hall–Kier alpha value is -6.76. The Labute approximate surface area is 369 Å². The highest BCUT2D eigenvalue weighted by Gasteiger charge is 2.37. The Bertz CT molecular complexity index is 3050. The Morgan fingerprint density at radius 2 is 0.939 bits per heavy atom. The molecule has 2 aliphatic rings. The van der Waals surface area contributed by atoms with Crippen LogP contribution >= 0.6 is 0 Å². The fraction of sp³-hybridized carbons (Fsp3) is 0.238. The summed E-state index contributed by atoms with van der Waals surface area (Å²) in [6.45, 7) is -1.27. The van der Waals surface area contributed by atoms with E-state index < -0.39 is 104 Å². The van der Waals surface area contributed by atoms with Gasteiger partial charge in [-0.1, -0.05) is 48.5 Å². The van der Waals surface area contributed by atoms with E-state index >= 15 is 0 Å². The molecule has 2 fully saturated rings. The van der Waals surface area contributed by atoms with E-state index in [2.05, 4.69) is 19.4 Å². The molecule has 0 aliphatic carbocycles. The monoisotopic (exact) mass is 960 g/mol. The molecular weight excluding hydrogens is 927 g/mol. The third-order valence-electron chi connectivity index (χ3n) is 10.8. The number of amides is 2. The standard InChI is InChI=1S/C42H34F6N6O10S2/c43-41(44,45)33-7-3-1-5-29(33)35-15-23-9-11-25(17-31(23)37(55)51-35)53-21-27(63-39(53)57)19-49-65(59,60)13-14-66(61,62)50-20-28-22-54(40(58)64-28)26-12-10-24-16-36(52-38(56)32(24)18-26)30-6-2-4-8-34(30)42(46,47)48/h1-12,15-18,27-28,49-50H,13-14,19-22H2,(H,51,55)(H,52,56)/t27-,28-/m0/s1. The molecule has 66 heavy (non-hydrogen) atoms. The third kappa shape index (κ3) is 9.75. The largest absolute Gasteiger partial charge is 0.443 e. The van der Waals surface area contributed by atoms with Crippen LogP contribution in [0.1, 0.15) is 11.1 Å². The number of sulfonamides is 2. The number of halogens is 6. The molecule has 0 radical (unpaired) electrons. The lowest BCUT2D eigenvalue weighted by Gasteiger charge is -2.15. The number of fused-ring (bicyclic) bond motifs is 2. The number of hydrogen-bond acceptors (Lipinski definition) is 10. The molecule has 4 N–H and O–H groups in total. The summed E-state index contributed by atoms with van der Waals surface area (Å²) in [4.78, 5) is 58.8. The number of carbonyl (C=O) groups excluding carboxylic acids is 2. The Kier molecular flexibility index (Phi) is 12.0. The second-order valence-electron chi connectivity index (χ2n) is 15.2. The van der Waals surface area contributed by atoms with Crippen LogP contribution in [0.15, 0.2) is 107 Å². The van der Waals surface area contributed by atoms with E-state index in [9.17, 15) is 62.4 Å². The van der Waals surface area contributed by atoms with Crippen LogP contribution in [-0.2, 0) is 41.9 Å². The van der Waals surface area contributed by atoms with Crippen LogP contribution in [0.2, 0.25) is 0 Å². The highest BCUT2D eigenvalue weighted by atomic mass is 32.2. The van der Waals surface area contributed by atoms with Crippen molar-refractivity contribution >= 4 is 65.2 Å². The molecule has 0 spiro atoms. The first-order chi connectivity index (χ1) is 31.0. The number of nitrogens with one attached hydrogen (secondary N) is 4. The fourth-order valence-corrected chi connectivity index (χ4v) is 10.5. The number of alkyl halides is 6. The van der Waals surface area contributed by atoms with Crippen LogP contribution < -0.4 is 30.4 Å². The van der Waals surface area contributed by atoms with Crippen LogP contribution in [0.5, 0.6) is 0 Å². The second-order valence-corrected chi connectivity index (χ2v) is 19.1. The van der Waals surface area contributed by atoms with E-state index in [4.69, 9.17) is 9.47 Å². The van der Waals surface area contributed by atoms with Gasteiger partial charge >= 0.3 is 24.5 Å². The number of pyridine rings is 2. The van der Waals surface area contributed by atoms with E-state index in [1.165, 1.54) is 84.9 Å². The lowest BCUT2D eigenvalue weighted by molar-refractivity contribution is -0.137. The van der Waals surface area contributed by atoms with Gasteiger partial charge in [0.1, 0.15) is 12.2 Å². The lowest BCUT2D eigenvalue weighted by atomic mass is 10.0. The highest BCUT2D eigenvalue weighted by molar-refractivity contribution is 7.93. The van der Waals surface area contributed by atoms with Crippen molar-refractivity contribution in [3.63, 3.8) is 0 Å². The van der Waals surface area contributed by atoms with Gasteiger partial charge in [0.25, 0.3) is 11.1 Å². The molecule has 2 saturated heterocycles. The zero-order chi connectivity index (χ0) is 47.3. The van der Waals surface area contributed by atoms with E-state index in [-0.39, 0.29) is 68.5 Å². The van der Waals surface area contributed by atoms with Crippen LogP contribution in [0, 0.1) is 0 Å². The molecule has 2 amide bonds. The van der Waals surface area contributed by atoms with Gasteiger partial charge in [-0.2, -0.15) is 26.3 Å². The minimum absolute atomic E-state index is 0.0507. The molecule has 8 rings (SSSR count). The van der Waals surface area contributed by atoms with Gasteiger partial charge in [-0.15, -0.1) is 0 Å². The van der Waals surface area contributed by atoms with Crippen molar-refractivity contribution in [1.29, 1.82) is 0 Å². The number of rotatable bonds is 13. The summed E-state index contributed by atoms with van der Waals surface area (Å²) in [5.74, 6) is -1.83. The Balaban J connectivity index is 0.835. The van der Waals surface area contributed by atoms with Gasteiger partial charge in [0.2, 0.25) is 20.0 Å². The molecule has 4 aromatic carbocycles. The Morgan fingerprint density at radius 3 is 1.32 bits per heavy atom. The summed E-state index contributed by atoms with van der Waals surface area (Å²) < 4.78 is 148. The lowest BCUT2D eigenvalue weighted by Crippen LogP contribution is -2.40. The van der Waals surface area contributed by atoms with Gasteiger partial charge in [0.15, 0.2) is 0 Å². The van der Waals surface area contributed by atoms with Crippen molar-refractivity contribution < 1.29 is 62.2 Å². The molecule has 0 bridgehead atoms. The molecular formula is C42H34F6N6O10S2. The van der Waals surface area contributed by atoms with E-state index in [1.807, 2.05) is 0 Å². The summed E-state index contributed by atoms with van der Waals surface area (Å²) in [6.07, 6.45) is -13.2. The fourth-order valence-electron chi connectivity index (χ4n) is 7.53. The molecule has 16 nitrogen and oxygen atoms in total. The number of ether oxygens (including phenoxy) is 2. The van der Waals surface area contributed by atoms with Crippen molar-refractivity contribution in [2.45, 2.75) is 24.6 Å². The molecule has 0 saturated carbocycles. The summed E-state index contributed by atoms with van der Waals surface area (Å²) in [6, 6.07) is 20.6. The van der Waals surface area contributed by atoms with Crippen molar-refractivity contribution in [2.75, 3.05) is 47.5 Å². The molecule has 2 atom stereocenters. The van der Waals surface area contributed by atoms with Crippen LogP contribution in [0.25, 0.3) is 44.1 Å². The van der Waals surface area contributed by atoms with E-state index in [0.717, 1.165) is 21.9 Å². The van der Waals surface area contributed by atoms with Gasteiger partial charge in [-0.05, 0) is 59.3 Å². The van der Waals surface area contributed by atoms with Crippen LogP contribution in [0.3, 0.4) is 0 Å². The quantitative estimate of drug-likeness (QED) is 0.100. The van der Waals surface area contributed by atoms with Gasteiger partial charge in [0.05, 0.1) is 35.7 Å². The topological polar surface area (TPSA) is 217 Å². The number of anilines is 2. The maximum atomic E-state index is 13.6. The smallest absolute Gasteiger partial charge is 0.417 e. The SMILES string of the molecule is O=C1O[C@@H](CNS(=O)(=O)CCS(=O)(=O)NC[C@H]2CN(c3ccc4cc(-c5ccccc5C(F)(F)F)[nH]c(=O)c4c3)C(=O)O2)CN1c1ccc2cc(-c3ccccc3C(F)(F)F)[nH]c(=O)c2c1. The minimum atomic E-state index is -4.68. The van der Waals surface area contributed by atoms with E-state index in [1.54, 1.807) is 0 Å². The van der Waals surface area contributed by atoms with Gasteiger partial charge in [0, 0.05) is 57.8 Å². The number of H-pyrrole nitrogens is 2. The molecule has 0 unspecified atom stereocenters. The molecule has 2 aromatic heterocycles. The first-order valence-electron chi connectivity index (χ1n) is 19.6. The summed E-state index contributed by atoms with van der Waals surface area (Å²) in [5, 5.41) is 0.657.